The molecule has 0 aromatic carbocycles. The molecule has 0 aliphatic heterocycles. The van der Waals surface area contributed by atoms with Gasteiger partial charge in [0.05, 0.1) is 23.8 Å². The van der Waals surface area contributed by atoms with Crippen LogP contribution in [0.1, 0.15) is 39.5 Å². The van der Waals surface area contributed by atoms with Crippen molar-refractivity contribution in [2.75, 3.05) is 29.9 Å². The Bertz CT molecular complexity index is 361. The minimum Gasteiger partial charge on any atom is -0.384 e. The SMILES string of the molecule is CCCNc1cncc(N(CCC)CC2CC2)c1. The zero-order valence-electron chi connectivity index (χ0n) is 11.7. The Kier molecular flexibility index (Phi) is 4.85. The molecule has 1 N–H and O–H groups in total. The van der Waals surface area contributed by atoms with Crippen LogP contribution in [0.4, 0.5) is 11.4 Å². The van der Waals surface area contributed by atoms with Gasteiger partial charge in [0.15, 0.2) is 0 Å². The predicted molar refractivity (Wildman–Crippen MR) is 78.2 cm³/mol. The van der Waals surface area contributed by atoms with Crippen molar-refractivity contribution in [3.8, 4) is 0 Å². The predicted octanol–water partition coefficient (Wildman–Crippen LogP) is 3.53. The zero-order valence-corrected chi connectivity index (χ0v) is 11.7. The Morgan fingerprint density at radius 2 is 2.11 bits per heavy atom. The lowest BCUT2D eigenvalue weighted by Crippen LogP contribution is -2.26. The molecule has 0 radical (unpaired) electrons. The van der Waals surface area contributed by atoms with Gasteiger partial charge in [-0.3, -0.25) is 4.98 Å². The van der Waals surface area contributed by atoms with E-state index < -0.39 is 0 Å². The molecule has 1 saturated carbocycles. The van der Waals surface area contributed by atoms with E-state index in [0.29, 0.717) is 0 Å². The molecule has 100 valence electrons. The van der Waals surface area contributed by atoms with Crippen LogP contribution in [0.25, 0.3) is 0 Å². The Labute approximate surface area is 111 Å². The van der Waals surface area contributed by atoms with E-state index in [-0.39, 0.29) is 0 Å². The van der Waals surface area contributed by atoms with E-state index in [1.165, 1.54) is 31.5 Å². The second kappa shape index (κ2) is 6.62. The van der Waals surface area contributed by atoms with Crippen molar-refractivity contribution in [2.45, 2.75) is 39.5 Å². The van der Waals surface area contributed by atoms with E-state index in [1.807, 2.05) is 12.4 Å². The molecule has 3 nitrogen and oxygen atoms in total. The first kappa shape index (κ1) is 13.2. The maximum absolute atomic E-state index is 4.36. The summed E-state index contributed by atoms with van der Waals surface area (Å²) in [7, 11) is 0. The first-order valence-corrected chi connectivity index (χ1v) is 7.27. The highest BCUT2D eigenvalue weighted by Gasteiger charge is 2.24. The quantitative estimate of drug-likeness (QED) is 0.761. The molecule has 1 aromatic heterocycles. The molecule has 1 aliphatic carbocycles. The van der Waals surface area contributed by atoms with Gasteiger partial charge >= 0.3 is 0 Å². The molecule has 0 atom stereocenters. The Balaban J connectivity index is 2.02. The highest BCUT2D eigenvalue weighted by molar-refractivity contribution is 5.55. The lowest BCUT2D eigenvalue weighted by molar-refractivity contribution is 0.707. The molecule has 2 rings (SSSR count). The largest absolute Gasteiger partial charge is 0.384 e. The zero-order chi connectivity index (χ0) is 12.8. The molecular weight excluding hydrogens is 222 g/mol. The van der Waals surface area contributed by atoms with E-state index in [4.69, 9.17) is 0 Å². The van der Waals surface area contributed by atoms with Crippen LogP contribution < -0.4 is 10.2 Å². The van der Waals surface area contributed by atoms with Gasteiger partial charge in [-0.05, 0) is 37.7 Å². The Hall–Kier alpha value is -1.25. The lowest BCUT2D eigenvalue weighted by atomic mass is 10.2. The maximum atomic E-state index is 4.36. The molecular formula is C15H25N3. The third-order valence-corrected chi connectivity index (χ3v) is 3.34. The van der Waals surface area contributed by atoms with Gasteiger partial charge in [0.1, 0.15) is 0 Å². The molecule has 1 heterocycles. The number of hydrogen-bond donors (Lipinski definition) is 1. The van der Waals surface area contributed by atoms with E-state index >= 15 is 0 Å². The summed E-state index contributed by atoms with van der Waals surface area (Å²) in [5.41, 5.74) is 2.41. The average Bonchev–Trinajstić information content (AvgIpc) is 3.20. The van der Waals surface area contributed by atoms with Crippen LogP contribution in [0.3, 0.4) is 0 Å². The molecule has 3 heteroatoms. The molecule has 1 aliphatic rings. The summed E-state index contributed by atoms with van der Waals surface area (Å²) < 4.78 is 0. The van der Waals surface area contributed by atoms with Crippen LogP contribution >= 0.6 is 0 Å². The average molecular weight is 247 g/mol. The summed E-state index contributed by atoms with van der Waals surface area (Å²) in [6.45, 7) is 7.77. The van der Waals surface area contributed by atoms with E-state index in [1.54, 1.807) is 0 Å². The van der Waals surface area contributed by atoms with Crippen LogP contribution in [-0.4, -0.2) is 24.6 Å². The molecule has 1 aromatic rings. The van der Waals surface area contributed by atoms with Crippen molar-refractivity contribution >= 4 is 11.4 Å². The molecule has 0 unspecified atom stereocenters. The van der Waals surface area contributed by atoms with Gasteiger partial charge in [-0.25, -0.2) is 0 Å². The van der Waals surface area contributed by atoms with Crippen LogP contribution in [0.15, 0.2) is 18.5 Å². The molecule has 1 fully saturated rings. The second-order valence-corrected chi connectivity index (χ2v) is 5.25. The van der Waals surface area contributed by atoms with Crippen molar-refractivity contribution in [3.05, 3.63) is 18.5 Å². The smallest absolute Gasteiger partial charge is 0.0573 e. The summed E-state index contributed by atoms with van der Waals surface area (Å²) in [5, 5.41) is 3.41. The van der Waals surface area contributed by atoms with Gasteiger partial charge in [-0.15, -0.1) is 0 Å². The minimum atomic E-state index is 0.920. The van der Waals surface area contributed by atoms with E-state index in [0.717, 1.165) is 31.1 Å². The monoisotopic (exact) mass is 247 g/mol. The summed E-state index contributed by atoms with van der Waals surface area (Å²) in [6, 6.07) is 2.24. The molecule has 0 spiro atoms. The second-order valence-electron chi connectivity index (χ2n) is 5.25. The van der Waals surface area contributed by atoms with E-state index in [9.17, 15) is 0 Å². The fourth-order valence-electron chi connectivity index (χ4n) is 2.17. The number of rotatable bonds is 8. The molecule has 0 amide bonds. The number of aromatic nitrogens is 1. The molecule has 0 bridgehead atoms. The van der Waals surface area contributed by atoms with Crippen LogP contribution in [0.5, 0.6) is 0 Å². The standard InChI is InChI=1S/C15H25N3/c1-3-7-17-14-9-15(11-16-10-14)18(8-4-2)12-13-5-6-13/h9-11,13,17H,3-8,12H2,1-2H3. The topological polar surface area (TPSA) is 28.2 Å². The van der Waals surface area contributed by atoms with E-state index in [2.05, 4.69) is 35.1 Å². The van der Waals surface area contributed by atoms with Crippen LogP contribution in [0, 0.1) is 5.92 Å². The summed E-state index contributed by atoms with van der Waals surface area (Å²) in [4.78, 5) is 6.85. The van der Waals surface area contributed by atoms with Crippen molar-refractivity contribution in [2.24, 2.45) is 5.92 Å². The number of pyridine rings is 1. The number of anilines is 2. The Morgan fingerprint density at radius 1 is 1.28 bits per heavy atom. The lowest BCUT2D eigenvalue weighted by Gasteiger charge is -2.24. The molecule has 18 heavy (non-hydrogen) atoms. The third kappa shape index (κ3) is 3.90. The maximum Gasteiger partial charge on any atom is 0.0573 e. The fourth-order valence-corrected chi connectivity index (χ4v) is 2.17. The first-order chi connectivity index (χ1) is 8.83. The summed E-state index contributed by atoms with van der Waals surface area (Å²) >= 11 is 0. The minimum absolute atomic E-state index is 0.920. The Morgan fingerprint density at radius 3 is 2.78 bits per heavy atom. The van der Waals surface area contributed by atoms with Gasteiger partial charge in [-0.2, -0.15) is 0 Å². The summed E-state index contributed by atoms with van der Waals surface area (Å²) in [5.74, 6) is 0.920. The molecule has 0 saturated heterocycles. The van der Waals surface area contributed by atoms with Crippen molar-refractivity contribution < 1.29 is 0 Å². The normalized spacial score (nSPS) is 14.6. The first-order valence-electron chi connectivity index (χ1n) is 7.27. The van der Waals surface area contributed by atoms with Crippen molar-refractivity contribution in [1.29, 1.82) is 0 Å². The summed E-state index contributed by atoms with van der Waals surface area (Å²) in [6.07, 6.45) is 9.06. The van der Waals surface area contributed by atoms with Crippen LogP contribution in [0.2, 0.25) is 0 Å². The highest BCUT2D eigenvalue weighted by Crippen LogP contribution is 2.31. The number of nitrogens with zero attached hydrogens (tertiary/aromatic N) is 2. The van der Waals surface area contributed by atoms with Gasteiger partial charge in [0.25, 0.3) is 0 Å². The van der Waals surface area contributed by atoms with Gasteiger partial charge in [0.2, 0.25) is 0 Å². The van der Waals surface area contributed by atoms with Gasteiger partial charge in [0, 0.05) is 19.6 Å². The number of nitrogens with one attached hydrogen (secondary N) is 1. The third-order valence-electron chi connectivity index (χ3n) is 3.34. The number of hydrogen-bond acceptors (Lipinski definition) is 3. The van der Waals surface area contributed by atoms with Crippen molar-refractivity contribution in [1.82, 2.24) is 4.98 Å². The van der Waals surface area contributed by atoms with Gasteiger partial charge < -0.3 is 10.2 Å². The van der Waals surface area contributed by atoms with Crippen molar-refractivity contribution in [3.63, 3.8) is 0 Å². The van der Waals surface area contributed by atoms with Gasteiger partial charge in [-0.1, -0.05) is 13.8 Å². The fraction of sp³-hybridized carbons (Fsp3) is 0.667. The van der Waals surface area contributed by atoms with Crippen LogP contribution in [-0.2, 0) is 0 Å². The highest BCUT2D eigenvalue weighted by atomic mass is 15.1.